The van der Waals surface area contributed by atoms with Gasteiger partial charge in [0, 0.05) is 16.2 Å². The molecular formula is C41H32O. The number of allylic oxidation sites excluding steroid dienone is 1. The van der Waals surface area contributed by atoms with Crippen molar-refractivity contribution in [3.8, 4) is 11.1 Å². The predicted molar refractivity (Wildman–Crippen MR) is 178 cm³/mol. The van der Waals surface area contributed by atoms with E-state index in [0.29, 0.717) is 0 Å². The molecule has 0 fully saturated rings. The van der Waals surface area contributed by atoms with E-state index in [1.165, 1.54) is 60.9 Å². The van der Waals surface area contributed by atoms with Crippen LogP contribution in [0, 0.1) is 6.92 Å². The Balaban J connectivity index is 1.29. The third kappa shape index (κ3) is 3.84. The predicted octanol–water partition coefficient (Wildman–Crippen LogP) is 11.1. The molecule has 0 N–H and O–H groups in total. The van der Waals surface area contributed by atoms with Gasteiger partial charge in [0.05, 0.1) is 0 Å². The van der Waals surface area contributed by atoms with E-state index in [9.17, 15) is 0 Å². The van der Waals surface area contributed by atoms with Crippen LogP contribution >= 0.6 is 0 Å². The molecule has 42 heavy (non-hydrogen) atoms. The summed E-state index contributed by atoms with van der Waals surface area (Å²) in [6, 6.07) is 44.1. The van der Waals surface area contributed by atoms with Gasteiger partial charge in [-0.15, -0.1) is 0 Å². The standard InChI is InChI=1S/C41H32O/c1-26-21-37-40(33-15-8-7-13-31(26)33)34-19-17-28(24-36(34)41(37,2)3)23-30(22-27-11-5-4-6-12-27)29-18-20-39-35(25-29)32-14-9-10-16-38(32)42-39/h4-21,23-25H,22H2,1-3H3/b30-23-. The molecule has 1 heteroatoms. The van der Waals surface area contributed by atoms with Crippen molar-refractivity contribution < 1.29 is 4.42 Å². The fraction of sp³-hybridized carbons (Fsp3) is 0.122. The van der Waals surface area contributed by atoms with Gasteiger partial charge in [-0.2, -0.15) is 0 Å². The average molecular weight is 541 g/mol. The molecule has 1 nitrogen and oxygen atoms in total. The number of aryl methyl sites for hydroxylation is 1. The number of para-hydroxylation sites is 1. The molecule has 202 valence electrons. The molecule has 0 bridgehead atoms. The Kier molecular flexibility index (Phi) is 5.52. The first-order valence-corrected chi connectivity index (χ1v) is 14.8. The van der Waals surface area contributed by atoms with Gasteiger partial charge in [-0.3, -0.25) is 0 Å². The summed E-state index contributed by atoms with van der Waals surface area (Å²) in [6.45, 7) is 7.00. The molecule has 0 radical (unpaired) electrons. The van der Waals surface area contributed by atoms with E-state index in [1.807, 2.05) is 12.1 Å². The van der Waals surface area contributed by atoms with Gasteiger partial charge in [0.1, 0.15) is 11.2 Å². The highest BCUT2D eigenvalue weighted by Gasteiger charge is 2.36. The second-order valence-corrected chi connectivity index (χ2v) is 12.2. The summed E-state index contributed by atoms with van der Waals surface area (Å²) in [7, 11) is 0. The SMILES string of the molecule is Cc1cc2c(c3ccccc13)-c1ccc(/C=C(/Cc3ccccc3)c3ccc4oc5ccccc5c4c3)cc1C2(C)C. The van der Waals surface area contributed by atoms with Crippen molar-refractivity contribution in [1.82, 2.24) is 0 Å². The molecule has 1 aromatic heterocycles. The molecule has 6 aromatic carbocycles. The number of rotatable bonds is 4. The van der Waals surface area contributed by atoms with Crippen LogP contribution in [0.2, 0.25) is 0 Å². The minimum absolute atomic E-state index is 0.0719. The third-order valence-corrected chi connectivity index (χ3v) is 9.24. The van der Waals surface area contributed by atoms with E-state index < -0.39 is 0 Å². The zero-order chi connectivity index (χ0) is 28.4. The van der Waals surface area contributed by atoms with Crippen LogP contribution in [0.1, 0.15) is 47.2 Å². The van der Waals surface area contributed by atoms with Crippen molar-refractivity contribution >= 4 is 44.4 Å². The van der Waals surface area contributed by atoms with Crippen molar-refractivity contribution in [2.24, 2.45) is 0 Å². The smallest absolute Gasteiger partial charge is 0.135 e. The number of furan rings is 1. The summed E-state index contributed by atoms with van der Waals surface area (Å²) in [5.74, 6) is 0. The van der Waals surface area contributed by atoms with Crippen molar-refractivity contribution in [3.05, 3.63) is 155 Å². The Morgan fingerprint density at radius 3 is 2.19 bits per heavy atom. The van der Waals surface area contributed by atoms with E-state index in [1.54, 1.807) is 0 Å². The minimum atomic E-state index is -0.0719. The van der Waals surface area contributed by atoms with Crippen LogP contribution in [0.4, 0.5) is 0 Å². The quantitative estimate of drug-likeness (QED) is 0.202. The van der Waals surface area contributed by atoms with E-state index in [2.05, 4.69) is 136 Å². The molecular weight excluding hydrogens is 508 g/mol. The van der Waals surface area contributed by atoms with Crippen molar-refractivity contribution in [3.63, 3.8) is 0 Å². The van der Waals surface area contributed by atoms with Gasteiger partial charge < -0.3 is 4.42 Å². The summed E-state index contributed by atoms with van der Waals surface area (Å²) < 4.78 is 6.15. The lowest BCUT2D eigenvalue weighted by Gasteiger charge is -2.22. The van der Waals surface area contributed by atoms with E-state index in [-0.39, 0.29) is 5.41 Å². The first kappa shape index (κ1) is 24.9. The van der Waals surface area contributed by atoms with Gasteiger partial charge in [-0.1, -0.05) is 123 Å². The number of benzene rings is 6. The van der Waals surface area contributed by atoms with Gasteiger partial charge in [0.15, 0.2) is 0 Å². The fourth-order valence-electron chi connectivity index (χ4n) is 7.05. The normalized spacial score (nSPS) is 14.0. The summed E-state index contributed by atoms with van der Waals surface area (Å²) in [5, 5.41) is 5.02. The van der Waals surface area contributed by atoms with E-state index >= 15 is 0 Å². The van der Waals surface area contributed by atoms with Crippen LogP contribution in [0.3, 0.4) is 0 Å². The second kappa shape index (κ2) is 9.33. The molecule has 0 saturated heterocycles. The van der Waals surface area contributed by atoms with Gasteiger partial charge >= 0.3 is 0 Å². The van der Waals surface area contributed by atoms with E-state index in [4.69, 9.17) is 4.42 Å². The molecule has 1 heterocycles. The van der Waals surface area contributed by atoms with Crippen molar-refractivity contribution in [2.75, 3.05) is 0 Å². The Morgan fingerprint density at radius 2 is 1.36 bits per heavy atom. The van der Waals surface area contributed by atoms with Gasteiger partial charge in [-0.25, -0.2) is 0 Å². The summed E-state index contributed by atoms with van der Waals surface area (Å²) in [5.41, 5.74) is 13.8. The molecule has 0 saturated carbocycles. The lowest BCUT2D eigenvalue weighted by Crippen LogP contribution is -2.15. The first-order valence-electron chi connectivity index (χ1n) is 14.8. The molecule has 0 unspecified atom stereocenters. The summed E-state index contributed by atoms with van der Waals surface area (Å²) >= 11 is 0. The van der Waals surface area contributed by atoms with Gasteiger partial charge in [0.2, 0.25) is 0 Å². The number of hydrogen-bond acceptors (Lipinski definition) is 1. The summed E-state index contributed by atoms with van der Waals surface area (Å²) in [6.07, 6.45) is 3.24. The van der Waals surface area contributed by atoms with Crippen LogP contribution in [-0.2, 0) is 11.8 Å². The zero-order valence-electron chi connectivity index (χ0n) is 24.2. The molecule has 0 aliphatic heterocycles. The van der Waals surface area contributed by atoms with Crippen LogP contribution in [0.25, 0.3) is 55.5 Å². The highest BCUT2D eigenvalue weighted by atomic mass is 16.3. The molecule has 0 atom stereocenters. The first-order chi connectivity index (χ1) is 20.5. The molecule has 8 rings (SSSR count). The van der Waals surface area contributed by atoms with Crippen LogP contribution in [0.5, 0.6) is 0 Å². The maximum Gasteiger partial charge on any atom is 0.135 e. The Morgan fingerprint density at radius 1 is 0.643 bits per heavy atom. The second-order valence-electron chi connectivity index (χ2n) is 12.2. The lowest BCUT2D eigenvalue weighted by atomic mass is 9.80. The van der Waals surface area contributed by atoms with Crippen LogP contribution in [0.15, 0.2) is 126 Å². The monoisotopic (exact) mass is 540 g/mol. The van der Waals surface area contributed by atoms with E-state index in [0.717, 1.165) is 28.4 Å². The van der Waals surface area contributed by atoms with Gasteiger partial charge in [0.25, 0.3) is 0 Å². The third-order valence-electron chi connectivity index (χ3n) is 9.24. The van der Waals surface area contributed by atoms with Gasteiger partial charge in [-0.05, 0) is 92.4 Å². The molecule has 0 spiro atoms. The Bertz CT molecular complexity index is 2190. The number of fused-ring (bicyclic) bond motifs is 8. The zero-order valence-corrected chi connectivity index (χ0v) is 24.2. The minimum Gasteiger partial charge on any atom is -0.456 e. The maximum absolute atomic E-state index is 6.15. The lowest BCUT2D eigenvalue weighted by molar-refractivity contribution is 0.660. The number of hydrogen-bond donors (Lipinski definition) is 0. The van der Waals surface area contributed by atoms with Crippen LogP contribution in [-0.4, -0.2) is 0 Å². The average Bonchev–Trinajstić information content (AvgIpc) is 3.49. The Labute approximate surface area is 246 Å². The fourth-order valence-corrected chi connectivity index (χ4v) is 7.05. The Hall–Kier alpha value is -4.88. The van der Waals surface area contributed by atoms with Crippen molar-refractivity contribution in [1.29, 1.82) is 0 Å². The summed E-state index contributed by atoms with van der Waals surface area (Å²) in [4.78, 5) is 0. The van der Waals surface area contributed by atoms with Crippen LogP contribution < -0.4 is 0 Å². The molecule has 1 aliphatic carbocycles. The molecule has 0 amide bonds. The van der Waals surface area contributed by atoms with Crippen molar-refractivity contribution in [2.45, 2.75) is 32.6 Å². The highest BCUT2D eigenvalue weighted by molar-refractivity contribution is 6.07. The highest BCUT2D eigenvalue weighted by Crippen LogP contribution is 2.52. The largest absolute Gasteiger partial charge is 0.456 e. The molecule has 1 aliphatic rings. The maximum atomic E-state index is 6.15. The topological polar surface area (TPSA) is 13.1 Å². The molecule has 7 aromatic rings.